The lowest BCUT2D eigenvalue weighted by Gasteiger charge is -2.31. The zero-order valence-electron chi connectivity index (χ0n) is 27.9. The number of rotatable bonds is 10. The van der Waals surface area contributed by atoms with E-state index >= 15 is 0 Å². The number of carbonyl (C=O) groups excluding carboxylic acids is 2. The molecule has 11 nitrogen and oxygen atoms in total. The second-order valence-corrected chi connectivity index (χ2v) is 13.5. The van der Waals surface area contributed by atoms with E-state index in [2.05, 4.69) is 9.84 Å². The Morgan fingerprint density at radius 1 is 0.929 bits per heavy atom. The lowest BCUT2D eigenvalue weighted by Crippen LogP contribution is -2.50. The molecular formula is C33H24Cl2F10N4O7. The van der Waals surface area contributed by atoms with E-state index in [4.69, 9.17) is 37.8 Å². The van der Waals surface area contributed by atoms with Crippen molar-refractivity contribution in [1.29, 1.82) is 5.26 Å². The SMILES string of the molecule is N#CC1(N(COC(=O)O[C@H]2CC[C@@H](C(=O)O)CC2)C(=O)c2cc(-c3cnn(-c4c(Cl)cc(C(F)(C(F)(F)F)C(F)(F)F)cc4OC(F)(F)F)c3)ccc2Cl)CC1. The highest BCUT2D eigenvalue weighted by atomic mass is 35.5. The van der Waals surface area contributed by atoms with Crippen LogP contribution in [0.5, 0.6) is 5.75 Å². The van der Waals surface area contributed by atoms with E-state index in [9.17, 15) is 63.5 Å². The third-order valence-corrected chi connectivity index (χ3v) is 9.68. The van der Waals surface area contributed by atoms with E-state index in [0.29, 0.717) is 4.68 Å². The summed E-state index contributed by atoms with van der Waals surface area (Å²) in [6, 6.07) is 4.97. The van der Waals surface area contributed by atoms with E-state index in [0.717, 1.165) is 23.4 Å². The predicted octanol–water partition coefficient (Wildman–Crippen LogP) is 9.29. The van der Waals surface area contributed by atoms with Crippen LogP contribution < -0.4 is 4.74 Å². The van der Waals surface area contributed by atoms with E-state index in [1.807, 2.05) is 6.07 Å². The Morgan fingerprint density at radius 3 is 2.09 bits per heavy atom. The minimum atomic E-state index is -6.70. The molecule has 0 unspecified atom stereocenters. The van der Waals surface area contributed by atoms with Crippen molar-refractivity contribution in [1.82, 2.24) is 14.7 Å². The number of benzene rings is 2. The molecule has 2 aliphatic rings. The van der Waals surface area contributed by atoms with Crippen molar-refractivity contribution in [2.45, 2.75) is 74.6 Å². The highest BCUT2D eigenvalue weighted by Crippen LogP contribution is 2.55. The summed E-state index contributed by atoms with van der Waals surface area (Å²) < 4.78 is 150. The number of hydrogen-bond acceptors (Lipinski definition) is 8. The van der Waals surface area contributed by atoms with Crippen LogP contribution in [0.2, 0.25) is 10.0 Å². The van der Waals surface area contributed by atoms with Gasteiger partial charge in [0.15, 0.2) is 12.5 Å². The highest BCUT2D eigenvalue weighted by Gasteiger charge is 2.73. The highest BCUT2D eigenvalue weighted by molar-refractivity contribution is 6.34. The van der Waals surface area contributed by atoms with Gasteiger partial charge in [-0.2, -0.15) is 36.7 Å². The second-order valence-electron chi connectivity index (χ2n) is 12.7. The number of nitrogens with zero attached hydrogens (tertiary/aromatic N) is 4. The maximum Gasteiger partial charge on any atom is 0.573 e. The van der Waals surface area contributed by atoms with Gasteiger partial charge in [-0.1, -0.05) is 29.3 Å². The Hall–Kier alpha value is -4.97. The Labute approximate surface area is 318 Å². The predicted molar refractivity (Wildman–Crippen MR) is 170 cm³/mol. The number of aromatic nitrogens is 2. The monoisotopic (exact) mass is 848 g/mol. The van der Waals surface area contributed by atoms with Crippen LogP contribution in [-0.2, 0) is 19.9 Å². The molecule has 0 radical (unpaired) electrons. The third-order valence-electron chi connectivity index (χ3n) is 9.07. The molecule has 1 heterocycles. The lowest BCUT2D eigenvalue weighted by molar-refractivity contribution is -0.348. The minimum absolute atomic E-state index is 0.0472. The van der Waals surface area contributed by atoms with E-state index < -0.39 is 94.8 Å². The summed E-state index contributed by atoms with van der Waals surface area (Å²) >= 11 is 12.2. The molecule has 1 N–H and O–H groups in total. The molecule has 0 spiro atoms. The van der Waals surface area contributed by atoms with Crippen LogP contribution in [0.3, 0.4) is 0 Å². The summed E-state index contributed by atoms with van der Waals surface area (Å²) in [6.07, 6.45) is -17.8. The number of amides is 1. The van der Waals surface area contributed by atoms with Crippen LogP contribution in [0.25, 0.3) is 16.8 Å². The topological polar surface area (TPSA) is 144 Å². The first-order valence-electron chi connectivity index (χ1n) is 16.0. The van der Waals surface area contributed by atoms with E-state index in [1.165, 1.54) is 12.1 Å². The largest absolute Gasteiger partial charge is 0.573 e. The normalized spacial score (nSPS) is 18.4. The molecule has 23 heteroatoms. The van der Waals surface area contributed by atoms with Crippen LogP contribution in [0.4, 0.5) is 48.7 Å². The van der Waals surface area contributed by atoms with Crippen molar-refractivity contribution in [3.63, 3.8) is 0 Å². The Bertz CT molecular complexity index is 2040. The number of carboxylic acids is 1. The van der Waals surface area contributed by atoms with Gasteiger partial charge in [-0.25, -0.2) is 13.9 Å². The zero-order chi connectivity index (χ0) is 41.6. The summed E-state index contributed by atoms with van der Waals surface area (Å²) in [4.78, 5) is 38.5. The summed E-state index contributed by atoms with van der Waals surface area (Å²) in [5, 5.41) is 21.3. The molecule has 0 atom stereocenters. The van der Waals surface area contributed by atoms with Crippen molar-refractivity contribution < 1.29 is 77.6 Å². The molecule has 5 rings (SSSR count). The molecule has 0 aliphatic heterocycles. The number of hydrogen-bond donors (Lipinski definition) is 1. The quantitative estimate of drug-likeness (QED) is 0.120. The van der Waals surface area contributed by atoms with Gasteiger partial charge in [0.1, 0.15) is 17.3 Å². The maximum absolute atomic E-state index is 14.8. The molecule has 1 aromatic heterocycles. The van der Waals surface area contributed by atoms with Crippen LogP contribution in [0, 0.1) is 17.2 Å². The van der Waals surface area contributed by atoms with Crippen LogP contribution in [-0.4, -0.2) is 74.9 Å². The molecule has 1 amide bonds. The number of carbonyl (C=O) groups is 3. The van der Waals surface area contributed by atoms with Gasteiger partial charge in [-0.15, -0.1) is 13.2 Å². The zero-order valence-corrected chi connectivity index (χ0v) is 29.4. The van der Waals surface area contributed by atoms with Crippen LogP contribution in [0.15, 0.2) is 42.7 Å². The summed E-state index contributed by atoms with van der Waals surface area (Å²) in [5.74, 6) is -4.28. The number of halogens is 12. The molecule has 0 saturated heterocycles. The fourth-order valence-corrected chi connectivity index (χ4v) is 6.44. The smallest absolute Gasteiger partial charge is 0.481 e. The minimum Gasteiger partial charge on any atom is -0.481 e. The average molecular weight is 849 g/mol. The molecule has 3 aromatic rings. The Morgan fingerprint density at radius 2 is 1.55 bits per heavy atom. The number of aliphatic carboxylic acids is 1. The number of nitriles is 1. The van der Waals surface area contributed by atoms with Gasteiger partial charge < -0.3 is 19.3 Å². The first-order chi connectivity index (χ1) is 25.9. The fourth-order valence-electron chi connectivity index (χ4n) is 5.95. The fraction of sp³-hybridized carbons (Fsp3) is 0.424. The van der Waals surface area contributed by atoms with Crippen molar-refractivity contribution in [2.75, 3.05) is 6.73 Å². The van der Waals surface area contributed by atoms with E-state index in [-0.39, 0.29) is 66.3 Å². The van der Waals surface area contributed by atoms with Crippen molar-refractivity contribution in [3.8, 4) is 28.6 Å². The molecule has 2 aliphatic carbocycles. The first-order valence-corrected chi connectivity index (χ1v) is 16.7. The number of ether oxygens (including phenoxy) is 3. The second kappa shape index (κ2) is 15.2. The van der Waals surface area contributed by atoms with Gasteiger partial charge in [0.05, 0.1) is 33.8 Å². The van der Waals surface area contributed by atoms with Crippen molar-refractivity contribution in [2.24, 2.45) is 5.92 Å². The van der Waals surface area contributed by atoms with Crippen LogP contribution >= 0.6 is 23.2 Å². The standard InChI is InChI=1S/C33H24Cl2F10N4O7/c34-22-6-3-17(9-21(22)26(50)48(29(14-46)7-8-29)15-54-28(53)55-20-4-1-16(2-5-20)27(51)52)18-12-47-49(13-18)25-23(35)10-19(11-24(25)56-33(43,44)45)30(36,31(37,38)39)32(40,41)42/h3,6,9-13,16,20H,1-2,4-5,7-8,15H2,(H,51,52)/t16-,20+. The molecule has 0 bridgehead atoms. The van der Waals surface area contributed by atoms with E-state index in [1.54, 1.807) is 0 Å². The van der Waals surface area contributed by atoms with Crippen molar-refractivity contribution in [3.05, 3.63) is 63.9 Å². The van der Waals surface area contributed by atoms with Gasteiger partial charge in [0.2, 0.25) is 0 Å². The molecule has 2 fully saturated rings. The van der Waals surface area contributed by atoms with Gasteiger partial charge in [-0.3, -0.25) is 14.5 Å². The number of alkyl halides is 10. The van der Waals surface area contributed by atoms with Crippen molar-refractivity contribution >= 4 is 41.2 Å². The summed E-state index contributed by atoms with van der Waals surface area (Å²) in [7, 11) is 0. The lowest BCUT2D eigenvalue weighted by atomic mass is 9.87. The summed E-state index contributed by atoms with van der Waals surface area (Å²) in [6.45, 7) is -0.784. The molecular weight excluding hydrogens is 825 g/mol. The Kier molecular flexibility index (Phi) is 11.4. The Balaban J connectivity index is 1.43. The molecule has 302 valence electrons. The average Bonchev–Trinajstić information content (AvgIpc) is 3.73. The summed E-state index contributed by atoms with van der Waals surface area (Å²) in [5.41, 5.74) is -11.3. The van der Waals surface area contributed by atoms with Gasteiger partial charge >= 0.3 is 36.5 Å². The van der Waals surface area contributed by atoms with Gasteiger partial charge in [0.25, 0.3) is 5.91 Å². The molecule has 2 aromatic carbocycles. The first kappa shape index (κ1) is 42.2. The third kappa shape index (κ3) is 8.55. The van der Waals surface area contributed by atoms with Gasteiger partial charge in [-0.05, 0) is 68.4 Å². The van der Waals surface area contributed by atoms with Gasteiger partial charge in [0, 0.05) is 17.3 Å². The maximum atomic E-state index is 14.8. The number of carboxylic acid groups (broad SMARTS) is 1. The molecule has 2 saturated carbocycles. The van der Waals surface area contributed by atoms with Crippen LogP contribution in [0.1, 0.15) is 54.4 Å². The molecule has 56 heavy (non-hydrogen) atoms.